The highest BCUT2D eigenvalue weighted by Gasteiger charge is 2.18. The van der Waals surface area contributed by atoms with Gasteiger partial charge in [0.05, 0.1) is 37.7 Å². The number of aromatic nitrogens is 4. The van der Waals surface area contributed by atoms with E-state index in [1.165, 1.54) is 12.4 Å². The second kappa shape index (κ2) is 8.15. The van der Waals surface area contributed by atoms with Gasteiger partial charge in [-0.05, 0) is 18.2 Å². The molecule has 0 bridgehead atoms. The van der Waals surface area contributed by atoms with Crippen molar-refractivity contribution in [3.63, 3.8) is 0 Å². The minimum atomic E-state index is -0.362. The van der Waals surface area contributed by atoms with Crippen molar-refractivity contribution in [2.24, 2.45) is 4.99 Å². The Bertz CT molecular complexity index is 1090. The first-order valence-electron chi connectivity index (χ1n) is 8.75. The molecule has 0 spiro atoms. The van der Waals surface area contributed by atoms with Crippen LogP contribution in [0.15, 0.2) is 52.6 Å². The molecule has 0 radical (unpaired) electrons. The summed E-state index contributed by atoms with van der Waals surface area (Å²) in [5.74, 6) is 0.720. The highest BCUT2D eigenvalue weighted by Crippen LogP contribution is 2.18. The molecule has 0 N–H and O–H groups in total. The molecule has 0 unspecified atom stereocenters. The SMILES string of the molecule is O=C1C=Nc2ncccc2C1.O=c1cnc2ncccc2n1CC1OCCO1. The van der Waals surface area contributed by atoms with E-state index in [0.29, 0.717) is 43.2 Å². The van der Waals surface area contributed by atoms with Gasteiger partial charge in [0, 0.05) is 24.4 Å². The predicted molar refractivity (Wildman–Crippen MR) is 101 cm³/mol. The van der Waals surface area contributed by atoms with E-state index >= 15 is 0 Å². The van der Waals surface area contributed by atoms with Crippen LogP contribution in [0.25, 0.3) is 11.2 Å². The number of carbonyl (C=O) groups excluding carboxylic acids is 1. The molecule has 5 heterocycles. The van der Waals surface area contributed by atoms with Crippen LogP contribution in [-0.2, 0) is 27.2 Å². The molecular weight excluding hydrogens is 362 g/mol. The van der Waals surface area contributed by atoms with Crippen molar-refractivity contribution in [1.82, 2.24) is 19.5 Å². The van der Waals surface area contributed by atoms with Gasteiger partial charge in [-0.15, -0.1) is 0 Å². The van der Waals surface area contributed by atoms with Crippen LogP contribution in [0.4, 0.5) is 5.82 Å². The molecule has 2 aliphatic rings. The lowest BCUT2D eigenvalue weighted by molar-refractivity contribution is -0.112. The number of Topliss-reactive ketones (excluding diaryl/α,β-unsaturated/α-hetero) is 1. The van der Waals surface area contributed by atoms with Crippen molar-refractivity contribution in [2.45, 2.75) is 19.3 Å². The van der Waals surface area contributed by atoms with Crippen LogP contribution < -0.4 is 5.56 Å². The number of fused-ring (bicyclic) bond motifs is 2. The first kappa shape index (κ1) is 18.1. The Balaban J connectivity index is 0.000000151. The third-order valence-corrected chi connectivity index (χ3v) is 4.21. The molecule has 5 rings (SSSR count). The number of ether oxygens (including phenoxy) is 2. The molecule has 1 saturated heterocycles. The molecule has 0 atom stereocenters. The standard InChI is InChI=1S/C11H11N3O3.C8H6N2O/c15-9-6-13-11-8(2-1-3-12-11)14(9)7-10-16-4-5-17-10;11-7-4-6-2-1-3-9-8(6)10-5-7/h1-3,6,10H,4-5,7H2;1-3,5H,4H2. The maximum atomic E-state index is 11.8. The molecule has 9 heteroatoms. The highest BCUT2D eigenvalue weighted by molar-refractivity contribution is 6.29. The van der Waals surface area contributed by atoms with Crippen LogP contribution >= 0.6 is 0 Å². The molecule has 1 fully saturated rings. The molecule has 0 saturated carbocycles. The van der Waals surface area contributed by atoms with Crippen LogP contribution in [0.1, 0.15) is 5.56 Å². The molecule has 2 aliphatic heterocycles. The fourth-order valence-corrected chi connectivity index (χ4v) is 2.90. The van der Waals surface area contributed by atoms with E-state index in [1.54, 1.807) is 23.0 Å². The Labute approximate surface area is 159 Å². The fraction of sp³-hybridized carbons (Fsp3) is 0.263. The van der Waals surface area contributed by atoms with Gasteiger partial charge < -0.3 is 9.47 Å². The maximum absolute atomic E-state index is 11.8. The van der Waals surface area contributed by atoms with Crippen LogP contribution in [0, 0.1) is 0 Å². The normalized spacial score (nSPS) is 15.9. The molecule has 28 heavy (non-hydrogen) atoms. The molecule has 0 aromatic carbocycles. The smallest absolute Gasteiger partial charge is 0.269 e. The number of nitrogens with zero attached hydrogens (tertiary/aromatic N) is 5. The van der Waals surface area contributed by atoms with Crippen LogP contribution in [0.5, 0.6) is 0 Å². The molecule has 142 valence electrons. The maximum Gasteiger partial charge on any atom is 0.269 e. The summed E-state index contributed by atoms with van der Waals surface area (Å²) in [4.78, 5) is 38.6. The Kier molecular flexibility index (Phi) is 5.27. The summed E-state index contributed by atoms with van der Waals surface area (Å²) in [6.07, 6.45) is 5.99. The van der Waals surface area contributed by atoms with Crippen molar-refractivity contribution in [2.75, 3.05) is 13.2 Å². The molecule has 3 aromatic rings. The average molecular weight is 379 g/mol. The fourth-order valence-electron chi connectivity index (χ4n) is 2.90. The van der Waals surface area contributed by atoms with Crippen molar-refractivity contribution < 1.29 is 14.3 Å². The van der Waals surface area contributed by atoms with Gasteiger partial charge in [0.25, 0.3) is 5.56 Å². The zero-order chi connectivity index (χ0) is 19.3. The first-order valence-corrected chi connectivity index (χ1v) is 8.75. The number of hydrogen-bond donors (Lipinski definition) is 0. The third kappa shape index (κ3) is 4.00. The quantitative estimate of drug-likeness (QED) is 0.655. The Hall–Kier alpha value is -3.30. The number of hydrogen-bond acceptors (Lipinski definition) is 8. The summed E-state index contributed by atoms with van der Waals surface area (Å²) in [7, 11) is 0. The van der Waals surface area contributed by atoms with Gasteiger partial charge in [-0.2, -0.15) is 0 Å². The van der Waals surface area contributed by atoms with Gasteiger partial charge in [0.15, 0.2) is 23.5 Å². The average Bonchev–Trinajstić information content (AvgIpc) is 3.24. The molecule has 0 amide bonds. The highest BCUT2D eigenvalue weighted by atomic mass is 16.7. The van der Waals surface area contributed by atoms with Gasteiger partial charge in [-0.3, -0.25) is 14.2 Å². The van der Waals surface area contributed by atoms with Crippen molar-refractivity contribution >= 4 is 29.0 Å². The Morgan fingerprint density at radius 2 is 1.82 bits per heavy atom. The summed E-state index contributed by atoms with van der Waals surface area (Å²) in [6, 6.07) is 7.27. The minimum absolute atomic E-state index is 0.0468. The van der Waals surface area contributed by atoms with E-state index < -0.39 is 0 Å². The van der Waals surface area contributed by atoms with Gasteiger partial charge in [-0.25, -0.2) is 19.9 Å². The zero-order valence-corrected chi connectivity index (χ0v) is 14.9. The summed E-state index contributed by atoms with van der Waals surface area (Å²) < 4.78 is 12.3. The van der Waals surface area contributed by atoms with Gasteiger partial charge >= 0.3 is 0 Å². The minimum Gasteiger partial charge on any atom is -0.348 e. The van der Waals surface area contributed by atoms with Crippen LogP contribution in [0.2, 0.25) is 0 Å². The summed E-state index contributed by atoms with van der Waals surface area (Å²) in [5.41, 5.74) is 1.98. The number of ketones is 1. The van der Waals surface area contributed by atoms with Crippen molar-refractivity contribution in [3.8, 4) is 0 Å². The second-order valence-electron chi connectivity index (χ2n) is 6.11. The van der Waals surface area contributed by atoms with E-state index in [2.05, 4.69) is 19.9 Å². The topological polar surface area (TPSA) is 109 Å². The summed E-state index contributed by atoms with van der Waals surface area (Å²) in [6.45, 7) is 1.50. The van der Waals surface area contributed by atoms with E-state index in [-0.39, 0.29) is 17.6 Å². The molecule has 0 aliphatic carbocycles. The van der Waals surface area contributed by atoms with E-state index in [1.807, 2.05) is 18.2 Å². The van der Waals surface area contributed by atoms with Gasteiger partial charge in [0.2, 0.25) is 0 Å². The lowest BCUT2D eigenvalue weighted by atomic mass is 10.1. The van der Waals surface area contributed by atoms with Gasteiger partial charge in [-0.1, -0.05) is 6.07 Å². The molecular formula is C19H17N5O4. The second-order valence-corrected chi connectivity index (χ2v) is 6.11. The number of aliphatic imine (C=N–C) groups is 1. The Morgan fingerprint density at radius 3 is 2.68 bits per heavy atom. The van der Waals surface area contributed by atoms with Crippen LogP contribution in [0.3, 0.4) is 0 Å². The van der Waals surface area contributed by atoms with Crippen molar-refractivity contribution in [1.29, 1.82) is 0 Å². The lowest BCUT2D eigenvalue weighted by Gasteiger charge is -2.12. The lowest BCUT2D eigenvalue weighted by Crippen LogP contribution is -2.27. The monoisotopic (exact) mass is 379 g/mol. The number of pyridine rings is 2. The molecule has 3 aromatic heterocycles. The number of rotatable bonds is 2. The van der Waals surface area contributed by atoms with E-state index in [4.69, 9.17) is 9.47 Å². The zero-order valence-electron chi connectivity index (χ0n) is 14.9. The van der Waals surface area contributed by atoms with E-state index in [9.17, 15) is 9.59 Å². The van der Waals surface area contributed by atoms with Crippen molar-refractivity contribution in [3.05, 3.63) is 58.8 Å². The Morgan fingerprint density at radius 1 is 1.04 bits per heavy atom. The number of carbonyl (C=O) groups is 1. The predicted octanol–water partition coefficient (Wildman–Crippen LogP) is 1.07. The largest absolute Gasteiger partial charge is 0.348 e. The first-order chi connectivity index (χ1) is 13.7. The van der Waals surface area contributed by atoms with Crippen LogP contribution in [-0.4, -0.2) is 51.0 Å². The van der Waals surface area contributed by atoms with Gasteiger partial charge in [0.1, 0.15) is 0 Å². The summed E-state index contributed by atoms with van der Waals surface area (Å²) in [5, 5.41) is 0. The van der Waals surface area contributed by atoms with E-state index in [0.717, 1.165) is 5.56 Å². The molecule has 9 nitrogen and oxygen atoms in total. The third-order valence-electron chi connectivity index (χ3n) is 4.21. The summed E-state index contributed by atoms with van der Waals surface area (Å²) >= 11 is 0.